The average Bonchev–Trinajstić information content (AvgIpc) is 2.70. The van der Waals surface area contributed by atoms with Gasteiger partial charge in [0, 0.05) is 12.6 Å². The molecule has 0 aliphatic rings. The molecular weight excluding hydrogens is 254 g/mol. The molecule has 0 bridgehead atoms. The third-order valence-corrected chi connectivity index (χ3v) is 4.03. The molecule has 1 N–H and O–H groups in total. The van der Waals surface area contributed by atoms with Crippen molar-refractivity contribution in [2.75, 3.05) is 13.6 Å². The first-order valence-electron chi connectivity index (χ1n) is 6.97. The largest absolute Gasteiger partial charge is 0.331 e. The first kappa shape index (κ1) is 14.3. The number of H-pyrrole nitrogens is 1. The highest BCUT2D eigenvalue weighted by molar-refractivity contribution is 7.71. The predicted octanol–water partition coefficient (Wildman–Crippen LogP) is 3.82. The Morgan fingerprint density at radius 3 is 2.74 bits per heavy atom. The Bertz CT molecular complexity index is 582. The molecule has 0 radical (unpaired) electrons. The minimum atomic E-state index is 0.621. The van der Waals surface area contributed by atoms with Gasteiger partial charge in [-0.15, -0.1) is 0 Å². The van der Waals surface area contributed by atoms with Crippen molar-refractivity contribution in [1.29, 1.82) is 0 Å². The van der Waals surface area contributed by atoms with Crippen LogP contribution in [-0.2, 0) is 6.54 Å². The van der Waals surface area contributed by atoms with Crippen molar-refractivity contribution in [3.8, 4) is 0 Å². The first-order valence-corrected chi connectivity index (χ1v) is 7.38. The summed E-state index contributed by atoms with van der Waals surface area (Å²) in [6.45, 7) is 6.60. The lowest BCUT2D eigenvalue weighted by Crippen LogP contribution is -2.27. The second-order valence-corrected chi connectivity index (χ2v) is 5.77. The van der Waals surface area contributed by atoms with E-state index >= 15 is 0 Å². The Balaban J connectivity index is 1.95. The first-order chi connectivity index (χ1) is 9.09. The number of hydrogen-bond acceptors (Lipinski definition) is 2. The molecule has 4 heteroatoms. The molecular formula is C15H23N3S. The van der Waals surface area contributed by atoms with Crippen LogP contribution in [0, 0.1) is 4.77 Å². The number of para-hydroxylation sites is 2. The van der Waals surface area contributed by atoms with Crippen LogP contribution in [0.1, 0.15) is 26.7 Å². The minimum absolute atomic E-state index is 0.621. The molecule has 2 rings (SSSR count). The third kappa shape index (κ3) is 3.45. The van der Waals surface area contributed by atoms with Crippen molar-refractivity contribution >= 4 is 23.3 Å². The minimum Gasteiger partial charge on any atom is -0.331 e. The monoisotopic (exact) mass is 277 g/mol. The van der Waals surface area contributed by atoms with Crippen LogP contribution in [0.25, 0.3) is 11.0 Å². The Hall–Kier alpha value is -1.13. The molecule has 0 aliphatic heterocycles. The van der Waals surface area contributed by atoms with Gasteiger partial charge in [-0.05, 0) is 64.6 Å². The third-order valence-electron chi connectivity index (χ3n) is 3.71. The van der Waals surface area contributed by atoms with E-state index < -0.39 is 0 Å². The highest BCUT2D eigenvalue weighted by Crippen LogP contribution is 2.14. The van der Waals surface area contributed by atoms with E-state index in [1.807, 2.05) is 6.07 Å². The maximum Gasteiger partial charge on any atom is 0.178 e. The van der Waals surface area contributed by atoms with E-state index in [0.717, 1.165) is 29.8 Å². The number of fused-ring (bicyclic) bond motifs is 1. The maximum atomic E-state index is 5.39. The molecule has 3 nitrogen and oxygen atoms in total. The molecule has 0 fully saturated rings. The van der Waals surface area contributed by atoms with Crippen LogP contribution in [0.3, 0.4) is 0 Å². The summed E-state index contributed by atoms with van der Waals surface area (Å²) in [5.41, 5.74) is 2.34. The van der Waals surface area contributed by atoms with Gasteiger partial charge in [-0.2, -0.15) is 0 Å². The standard InChI is InChI=1S/C15H23N3S/c1-12(2)17(3)10-6-7-11-18-14-9-5-4-8-13(14)16-15(18)19/h4-5,8-9,12H,6-7,10-11H2,1-3H3,(H,16,19). The number of nitrogens with zero attached hydrogens (tertiary/aromatic N) is 2. The second-order valence-electron chi connectivity index (χ2n) is 5.38. The summed E-state index contributed by atoms with van der Waals surface area (Å²) in [5.74, 6) is 0. The van der Waals surface area contributed by atoms with Crippen molar-refractivity contribution in [2.45, 2.75) is 39.3 Å². The van der Waals surface area contributed by atoms with Crippen molar-refractivity contribution in [3.63, 3.8) is 0 Å². The molecule has 19 heavy (non-hydrogen) atoms. The van der Waals surface area contributed by atoms with Crippen LogP contribution >= 0.6 is 12.2 Å². The summed E-state index contributed by atoms with van der Waals surface area (Å²) in [6.07, 6.45) is 2.36. The van der Waals surface area contributed by atoms with Gasteiger partial charge in [0.2, 0.25) is 0 Å². The van der Waals surface area contributed by atoms with E-state index in [9.17, 15) is 0 Å². The zero-order chi connectivity index (χ0) is 13.8. The molecule has 0 aliphatic carbocycles. The number of aromatic nitrogens is 2. The van der Waals surface area contributed by atoms with E-state index in [1.165, 1.54) is 11.9 Å². The van der Waals surface area contributed by atoms with Gasteiger partial charge in [0.1, 0.15) is 0 Å². The van der Waals surface area contributed by atoms with Crippen molar-refractivity contribution in [1.82, 2.24) is 14.5 Å². The van der Waals surface area contributed by atoms with Crippen molar-refractivity contribution in [2.24, 2.45) is 0 Å². The van der Waals surface area contributed by atoms with Crippen LogP contribution in [-0.4, -0.2) is 34.1 Å². The predicted molar refractivity (Wildman–Crippen MR) is 84.1 cm³/mol. The van der Waals surface area contributed by atoms with Crippen LogP contribution < -0.4 is 0 Å². The summed E-state index contributed by atoms with van der Waals surface area (Å²) >= 11 is 5.39. The molecule has 0 unspecified atom stereocenters. The van der Waals surface area contributed by atoms with Crippen molar-refractivity contribution in [3.05, 3.63) is 29.0 Å². The zero-order valence-electron chi connectivity index (χ0n) is 12.0. The number of rotatable bonds is 6. The molecule has 1 aromatic carbocycles. The van der Waals surface area contributed by atoms with Crippen LogP contribution in [0.5, 0.6) is 0 Å². The van der Waals surface area contributed by atoms with Crippen LogP contribution in [0.4, 0.5) is 0 Å². The summed E-state index contributed by atoms with van der Waals surface area (Å²) in [4.78, 5) is 5.65. The smallest absolute Gasteiger partial charge is 0.178 e. The van der Waals surface area contributed by atoms with E-state index in [-0.39, 0.29) is 0 Å². The fourth-order valence-corrected chi connectivity index (χ4v) is 2.52. The number of aryl methyl sites for hydroxylation is 1. The lowest BCUT2D eigenvalue weighted by Gasteiger charge is -2.20. The molecule has 2 aromatic rings. The topological polar surface area (TPSA) is 24.0 Å². The number of imidazole rings is 1. The number of nitrogens with one attached hydrogen (secondary N) is 1. The molecule has 0 saturated heterocycles. The quantitative estimate of drug-likeness (QED) is 0.641. The summed E-state index contributed by atoms with van der Waals surface area (Å²) in [7, 11) is 2.18. The highest BCUT2D eigenvalue weighted by Gasteiger charge is 2.05. The van der Waals surface area contributed by atoms with Crippen LogP contribution in [0.2, 0.25) is 0 Å². The highest BCUT2D eigenvalue weighted by atomic mass is 32.1. The van der Waals surface area contributed by atoms with E-state index in [2.05, 4.69) is 53.5 Å². The molecule has 0 saturated carbocycles. The van der Waals surface area contributed by atoms with Gasteiger partial charge in [0.05, 0.1) is 11.0 Å². The summed E-state index contributed by atoms with van der Waals surface area (Å²) < 4.78 is 3.04. The number of aromatic amines is 1. The molecule has 1 heterocycles. The number of unbranched alkanes of at least 4 members (excludes halogenated alkanes) is 1. The SMILES string of the molecule is CC(C)N(C)CCCCn1c(=S)[nH]c2ccccc21. The van der Waals surface area contributed by atoms with Crippen LogP contribution in [0.15, 0.2) is 24.3 Å². The van der Waals surface area contributed by atoms with Crippen molar-refractivity contribution < 1.29 is 0 Å². The van der Waals surface area contributed by atoms with Gasteiger partial charge < -0.3 is 14.5 Å². The molecule has 0 amide bonds. The maximum absolute atomic E-state index is 5.39. The molecule has 0 atom stereocenters. The Labute approximate surface area is 120 Å². The van der Waals surface area contributed by atoms with Gasteiger partial charge in [0.15, 0.2) is 4.77 Å². The van der Waals surface area contributed by atoms with Gasteiger partial charge in [-0.3, -0.25) is 0 Å². The Kier molecular flexibility index (Phi) is 4.77. The van der Waals surface area contributed by atoms with E-state index in [0.29, 0.717) is 6.04 Å². The van der Waals surface area contributed by atoms with E-state index in [4.69, 9.17) is 12.2 Å². The van der Waals surface area contributed by atoms with Gasteiger partial charge >= 0.3 is 0 Å². The second kappa shape index (κ2) is 6.35. The van der Waals surface area contributed by atoms with Gasteiger partial charge in [-0.1, -0.05) is 12.1 Å². The fourth-order valence-electron chi connectivity index (χ4n) is 2.22. The summed E-state index contributed by atoms with van der Waals surface area (Å²) in [5, 5.41) is 0. The lowest BCUT2D eigenvalue weighted by atomic mass is 10.2. The Morgan fingerprint density at radius 2 is 2.00 bits per heavy atom. The average molecular weight is 277 g/mol. The Morgan fingerprint density at radius 1 is 1.26 bits per heavy atom. The molecule has 104 valence electrons. The number of hydrogen-bond donors (Lipinski definition) is 1. The molecule has 1 aromatic heterocycles. The van der Waals surface area contributed by atoms with E-state index in [1.54, 1.807) is 0 Å². The fraction of sp³-hybridized carbons (Fsp3) is 0.533. The van der Waals surface area contributed by atoms with Gasteiger partial charge in [0.25, 0.3) is 0 Å². The molecule has 0 spiro atoms. The lowest BCUT2D eigenvalue weighted by molar-refractivity contribution is 0.266. The summed E-state index contributed by atoms with van der Waals surface area (Å²) in [6, 6.07) is 8.93. The zero-order valence-corrected chi connectivity index (χ0v) is 12.8. The number of benzene rings is 1. The normalized spacial score (nSPS) is 11.8. The van der Waals surface area contributed by atoms with Gasteiger partial charge in [-0.25, -0.2) is 0 Å².